The second-order valence-corrected chi connectivity index (χ2v) is 7.16. The Morgan fingerprint density at radius 2 is 1.85 bits per heavy atom. The van der Waals surface area contributed by atoms with Crippen LogP contribution in [0.5, 0.6) is 5.75 Å². The third-order valence-electron chi connectivity index (χ3n) is 5.18. The van der Waals surface area contributed by atoms with Gasteiger partial charge in [-0.25, -0.2) is 0 Å². The number of aryl methyl sites for hydroxylation is 2. The second-order valence-electron chi connectivity index (χ2n) is 7.16. The third-order valence-corrected chi connectivity index (χ3v) is 5.18. The number of nitrogens with zero attached hydrogens (tertiary/aromatic N) is 1. The van der Waals surface area contributed by atoms with Gasteiger partial charge in [0.2, 0.25) is 0 Å². The Bertz CT molecular complexity index is 783. The lowest BCUT2D eigenvalue weighted by Gasteiger charge is -2.34. The zero-order valence-corrected chi connectivity index (χ0v) is 16.5. The summed E-state index contributed by atoms with van der Waals surface area (Å²) in [5.41, 5.74) is 4.47. The molecule has 144 valence electrons. The monoisotopic (exact) mass is 368 g/mol. The van der Waals surface area contributed by atoms with Crippen LogP contribution in [-0.2, 0) is 4.79 Å². The van der Waals surface area contributed by atoms with Crippen molar-refractivity contribution in [2.45, 2.75) is 20.8 Å². The number of carbonyl (C=O) groups excluding carboxylic acids is 1. The fourth-order valence-electron chi connectivity index (χ4n) is 3.49. The fourth-order valence-corrected chi connectivity index (χ4v) is 3.49. The van der Waals surface area contributed by atoms with Crippen molar-refractivity contribution >= 4 is 17.3 Å². The highest BCUT2D eigenvalue weighted by Crippen LogP contribution is 2.27. The van der Waals surface area contributed by atoms with Crippen molar-refractivity contribution < 1.29 is 14.4 Å². The van der Waals surface area contributed by atoms with E-state index >= 15 is 0 Å². The quantitative estimate of drug-likeness (QED) is 0.820. The number of quaternary nitrogens is 1. The van der Waals surface area contributed by atoms with Crippen LogP contribution in [0.1, 0.15) is 18.1 Å². The number of nitrogens with one attached hydrogen (secondary N) is 2. The zero-order valence-electron chi connectivity index (χ0n) is 16.5. The minimum atomic E-state index is 0.0800. The molecule has 0 aromatic heterocycles. The second kappa shape index (κ2) is 8.91. The lowest BCUT2D eigenvalue weighted by molar-refractivity contribution is -0.892. The van der Waals surface area contributed by atoms with Gasteiger partial charge in [0.1, 0.15) is 5.75 Å². The normalized spacial score (nSPS) is 14.9. The van der Waals surface area contributed by atoms with Gasteiger partial charge in [-0.3, -0.25) is 4.79 Å². The summed E-state index contributed by atoms with van der Waals surface area (Å²) in [6.45, 7) is 11.1. The maximum Gasteiger partial charge on any atom is 0.279 e. The predicted molar refractivity (Wildman–Crippen MR) is 110 cm³/mol. The van der Waals surface area contributed by atoms with Gasteiger partial charge in [-0.15, -0.1) is 0 Å². The molecule has 0 saturated carbocycles. The molecule has 1 aliphatic rings. The van der Waals surface area contributed by atoms with Crippen LogP contribution >= 0.6 is 0 Å². The molecule has 2 aromatic rings. The van der Waals surface area contributed by atoms with Crippen molar-refractivity contribution in [2.24, 2.45) is 0 Å². The van der Waals surface area contributed by atoms with Crippen LogP contribution in [-0.4, -0.2) is 45.2 Å². The van der Waals surface area contributed by atoms with Crippen LogP contribution in [0, 0.1) is 13.8 Å². The lowest BCUT2D eigenvalue weighted by Crippen LogP contribution is -3.15. The molecule has 5 heteroatoms. The van der Waals surface area contributed by atoms with Crippen LogP contribution in [0.25, 0.3) is 0 Å². The standard InChI is InChI=1S/C22H29N3O2/c1-4-27-21-8-6-5-7-20(21)25-13-11-24(12-14-25)16-22(26)23-19-10-9-17(2)18(3)15-19/h5-10,15H,4,11-14,16H2,1-3H3,(H,23,26)/p+1. The highest BCUT2D eigenvalue weighted by molar-refractivity contribution is 5.91. The minimum Gasteiger partial charge on any atom is -0.492 e. The summed E-state index contributed by atoms with van der Waals surface area (Å²) in [6.07, 6.45) is 0. The number of amides is 1. The molecule has 1 fully saturated rings. The van der Waals surface area contributed by atoms with Crippen LogP contribution < -0.4 is 19.9 Å². The highest BCUT2D eigenvalue weighted by atomic mass is 16.5. The van der Waals surface area contributed by atoms with Crippen molar-refractivity contribution in [1.82, 2.24) is 0 Å². The largest absolute Gasteiger partial charge is 0.492 e. The molecule has 1 amide bonds. The average Bonchev–Trinajstić information content (AvgIpc) is 2.66. The van der Waals surface area contributed by atoms with Gasteiger partial charge in [0.05, 0.1) is 38.5 Å². The van der Waals surface area contributed by atoms with E-state index < -0.39 is 0 Å². The summed E-state index contributed by atoms with van der Waals surface area (Å²) >= 11 is 0. The first-order chi connectivity index (χ1) is 13.1. The molecular formula is C22H30N3O2+. The van der Waals surface area contributed by atoms with Gasteiger partial charge < -0.3 is 19.9 Å². The molecule has 1 aliphatic heterocycles. The summed E-state index contributed by atoms with van der Waals surface area (Å²) in [6, 6.07) is 14.2. The van der Waals surface area contributed by atoms with Crippen LogP contribution in [0.2, 0.25) is 0 Å². The fraction of sp³-hybridized carbons (Fsp3) is 0.409. The van der Waals surface area contributed by atoms with E-state index in [1.54, 1.807) is 0 Å². The molecule has 0 unspecified atom stereocenters. The van der Waals surface area contributed by atoms with Gasteiger partial charge >= 0.3 is 0 Å². The molecule has 27 heavy (non-hydrogen) atoms. The van der Waals surface area contributed by atoms with E-state index in [-0.39, 0.29) is 5.91 Å². The number of para-hydroxylation sites is 2. The van der Waals surface area contributed by atoms with E-state index in [0.717, 1.165) is 43.3 Å². The Morgan fingerprint density at radius 1 is 1.11 bits per heavy atom. The first-order valence-corrected chi connectivity index (χ1v) is 9.74. The first-order valence-electron chi connectivity index (χ1n) is 9.74. The van der Waals surface area contributed by atoms with Crippen LogP contribution in [0.4, 0.5) is 11.4 Å². The van der Waals surface area contributed by atoms with Crippen LogP contribution in [0.15, 0.2) is 42.5 Å². The number of hydrogen-bond acceptors (Lipinski definition) is 3. The Hall–Kier alpha value is -2.53. The third kappa shape index (κ3) is 5.01. The van der Waals surface area contributed by atoms with E-state index in [2.05, 4.69) is 30.1 Å². The van der Waals surface area contributed by atoms with Crippen molar-refractivity contribution in [2.75, 3.05) is 49.5 Å². The van der Waals surface area contributed by atoms with Crippen molar-refractivity contribution in [3.63, 3.8) is 0 Å². The topological polar surface area (TPSA) is 46.0 Å². The molecule has 0 bridgehead atoms. The van der Waals surface area contributed by atoms with Gasteiger partial charge in [0.25, 0.3) is 5.91 Å². The van der Waals surface area contributed by atoms with Crippen LogP contribution in [0.3, 0.4) is 0 Å². The summed E-state index contributed by atoms with van der Waals surface area (Å²) in [5, 5.41) is 3.03. The number of rotatable bonds is 6. The molecule has 2 aromatic carbocycles. The molecule has 0 spiro atoms. The number of piperazine rings is 1. The summed E-state index contributed by atoms with van der Waals surface area (Å²) in [5.74, 6) is 1.02. The molecule has 0 atom stereocenters. The Kier molecular flexibility index (Phi) is 6.35. The van der Waals surface area contributed by atoms with E-state index in [0.29, 0.717) is 13.2 Å². The van der Waals surface area contributed by atoms with E-state index in [9.17, 15) is 4.79 Å². The smallest absolute Gasteiger partial charge is 0.279 e. The summed E-state index contributed by atoms with van der Waals surface area (Å²) in [7, 11) is 0. The molecule has 2 N–H and O–H groups in total. The number of carbonyl (C=O) groups is 1. The molecular weight excluding hydrogens is 338 g/mol. The lowest BCUT2D eigenvalue weighted by atomic mass is 10.1. The van der Waals surface area contributed by atoms with E-state index in [4.69, 9.17) is 4.74 Å². The maximum absolute atomic E-state index is 12.4. The number of ether oxygens (including phenoxy) is 1. The van der Waals surface area contributed by atoms with Crippen molar-refractivity contribution in [3.8, 4) is 5.75 Å². The Morgan fingerprint density at radius 3 is 2.56 bits per heavy atom. The van der Waals surface area contributed by atoms with E-state index in [1.807, 2.05) is 43.3 Å². The molecule has 1 saturated heterocycles. The van der Waals surface area contributed by atoms with Crippen molar-refractivity contribution in [3.05, 3.63) is 53.6 Å². The van der Waals surface area contributed by atoms with Gasteiger partial charge in [-0.1, -0.05) is 18.2 Å². The highest BCUT2D eigenvalue weighted by Gasteiger charge is 2.24. The number of benzene rings is 2. The minimum absolute atomic E-state index is 0.0800. The van der Waals surface area contributed by atoms with Gasteiger partial charge in [-0.05, 0) is 56.2 Å². The molecule has 3 rings (SSSR count). The van der Waals surface area contributed by atoms with Gasteiger partial charge in [0.15, 0.2) is 6.54 Å². The van der Waals surface area contributed by atoms with Gasteiger partial charge in [0, 0.05) is 5.69 Å². The predicted octanol–water partition coefficient (Wildman–Crippen LogP) is 2.05. The number of anilines is 2. The zero-order chi connectivity index (χ0) is 19.2. The SMILES string of the molecule is CCOc1ccccc1N1CC[NH+](CC(=O)Nc2ccc(C)c(C)c2)CC1. The first kappa shape index (κ1) is 19.2. The average molecular weight is 369 g/mol. The van der Waals surface area contributed by atoms with Gasteiger partial charge in [-0.2, -0.15) is 0 Å². The van der Waals surface area contributed by atoms with E-state index in [1.165, 1.54) is 16.0 Å². The molecule has 0 aliphatic carbocycles. The molecule has 0 radical (unpaired) electrons. The summed E-state index contributed by atoms with van der Waals surface area (Å²) in [4.78, 5) is 16.1. The molecule has 1 heterocycles. The maximum atomic E-state index is 12.4. The Labute approximate surface area is 161 Å². The van der Waals surface area contributed by atoms with Crippen molar-refractivity contribution in [1.29, 1.82) is 0 Å². The Balaban J connectivity index is 1.52. The summed E-state index contributed by atoms with van der Waals surface area (Å²) < 4.78 is 5.75. The number of hydrogen-bond donors (Lipinski definition) is 2. The molecule has 5 nitrogen and oxygen atoms in total.